The first-order chi connectivity index (χ1) is 9.35. The van der Waals surface area contributed by atoms with Crippen molar-refractivity contribution < 1.29 is 14.6 Å². The van der Waals surface area contributed by atoms with Crippen molar-refractivity contribution in [3.05, 3.63) is 35.9 Å². The van der Waals surface area contributed by atoms with E-state index in [9.17, 15) is 9.90 Å². The molecule has 0 aliphatic carbocycles. The summed E-state index contributed by atoms with van der Waals surface area (Å²) in [5.41, 5.74) is 0.310. The van der Waals surface area contributed by atoms with Gasteiger partial charge in [-0.15, -0.1) is 0 Å². The summed E-state index contributed by atoms with van der Waals surface area (Å²) in [7, 11) is 3.39. The Hall–Kier alpha value is -1.39. The van der Waals surface area contributed by atoms with E-state index in [0.29, 0.717) is 19.6 Å². The van der Waals surface area contributed by atoms with Gasteiger partial charge in [0.25, 0.3) is 0 Å². The number of rotatable bonds is 7. The van der Waals surface area contributed by atoms with Gasteiger partial charge in [-0.1, -0.05) is 30.3 Å². The summed E-state index contributed by atoms with van der Waals surface area (Å²) in [5, 5.41) is 10.2. The van der Waals surface area contributed by atoms with Crippen molar-refractivity contribution >= 4 is 5.91 Å². The van der Waals surface area contributed by atoms with Gasteiger partial charge in [0.15, 0.2) is 0 Å². The lowest BCUT2D eigenvalue weighted by atomic mass is 9.83. The molecule has 0 saturated carbocycles. The number of benzene rings is 1. The summed E-state index contributed by atoms with van der Waals surface area (Å²) in [6, 6.07) is 9.88. The maximum absolute atomic E-state index is 12.0. The number of aliphatic hydroxyl groups is 1. The smallest absolute Gasteiger partial charge is 0.230 e. The molecule has 0 aliphatic rings. The fourth-order valence-electron chi connectivity index (χ4n) is 2.04. The highest BCUT2D eigenvalue weighted by atomic mass is 16.5. The summed E-state index contributed by atoms with van der Waals surface area (Å²) < 4.78 is 5.54. The third kappa shape index (κ3) is 4.62. The molecule has 1 aromatic rings. The van der Waals surface area contributed by atoms with Gasteiger partial charge in [0.05, 0.1) is 18.1 Å². The molecule has 0 fully saturated rings. The van der Waals surface area contributed by atoms with E-state index in [2.05, 4.69) is 0 Å². The van der Waals surface area contributed by atoms with Crippen LogP contribution in [0.3, 0.4) is 0 Å². The van der Waals surface area contributed by atoms with Crippen LogP contribution in [0.15, 0.2) is 30.3 Å². The standard InChI is InChI=1S/C16H25NO3/c1-16(2,15(19)17(3)4)14(18)10-11-20-12-13-8-6-5-7-9-13/h5-9,14,18H,10-12H2,1-4H3/t14-/m0/s1. The number of aliphatic hydroxyl groups excluding tert-OH is 1. The monoisotopic (exact) mass is 279 g/mol. The van der Waals surface area contributed by atoms with Gasteiger partial charge in [0.2, 0.25) is 5.91 Å². The third-order valence-electron chi connectivity index (χ3n) is 3.44. The third-order valence-corrected chi connectivity index (χ3v) is 3.44. The van der Waals surface area contributed by atoms with E-state index in [1.807, 2.05) is 30.3 Å². The zero-order valence-electron chi connectivity index (χ0n) is 12.8. The second kappa shape index (κ2) is 7.41. The minimum atomic E-state index is -0.792. The van der Waals surface area contributed by atoms with Crippen LogP contribution in [0.5, 0.6) is 0 Å². The summed E-state index contributed by atoms with van der Waals surface area (Å²) in [6.45, 7) is 4.48. The Morgan fingerprint density at radius 3 is 2.45 bits per heavy atom. The Kier molecular flexibility index (Phi) is 6.17. The summed E-state index contributed by atoms with van der Waals surface area (Å²) in [5.74, 6) is -0.0759. The molecule has 4 heteroatoms. The predicted molar refractivity (Wildman–Crippen MR) is 79.2 cm³/mol. The Balaban J connectivity index is 2.36. The lowest BCUT2D eigenvalue weighted by molar-refractivity contribution is -0.144. The molecule has 0 aromatic heterocycles. The Labute approximate surface area is 121 Å². The van der Waals surface area contributed by atoms with Gasteiger partial charge >= 0.3 is 0 Å². The van der Waals surface area contributed by atoms with Gasteiger partial charge in [0, 0.05) is 20.7 Å². The average molecular weight is 279 g/mol. The number of nitrogens with zero attached hydrogens (tertiary/aromatic N) is 1. The van der Waals surface area contributed by atoms with Crippen LogP contribution in [0.25, 0.3) is 0 Å². The van der Waals surface area contributed by atoms with Crippen molar-refractivity contribution in [2.45, 2.75) is 33.0 Å². The Bertz CT molecular complexity index is 415. The van der Waals surface area contributed by atoms with Crippen molar-refractivity contribution in [1.82, 2.24) is 4.90 Å². The van der Waals surface area contributed by atoms with Gasteiger partial charge in [0.1, 0.15) is 0 Å². The van der Waals surface area contributed by atoms with E-state index in [1.165, 1.54) is 4.90 Å². The molecule has 1 rings (SSSR count). The van der Waals surface area contributed by atoms with Gasteiger partial charge in [-0.3, -0.25) is 4.79 Å². The van der Waals surface area contributed by atoms with Crippen LogP contribution >= 0.6 is 0 Å². The molecule has 20 heavy (non-hydrogen) atoms. The minimum Gasteiger partial charge on any atom is -0.392 e. The number of ether oxygens (including phenoxy) is 1. The van der Waals surface area contributed by atoms with E-state index in [1.54, 1.807) is 27.9 Å². The summed E-state index contributed by atoms with van der Waals surface area (Å²) in [4.78, 5) is 13.5. The maximum Gasteiger partial charge on any atom is 0.230 e. The molecule has 1 amide bonds. The minimum absolute atomic E-state index is 0.0759. The van der Waals surface area contributed by atoms with Crippen molar-refractivity contribution in [2.75, 3.05) is 20.7 Å². The first-order valence-corrected chi connectivity index (χ1v) is 6.87. The first kappa shape index (κ1) is 16.7. The van der Waals surface area contributed by atoms with Crippen LogP contribution in [0, 0.1) is 5.41 Å². The van der Waals surface area contributed by atoms with Crippen LogP contribution in [0.2, 0.25) is 0 Å². The number of carbonyl (C=O) groups excluding carboxylic acids is 1. The molecule has 112 valence electrons. The molecule has 0 unspecified atom stereocenters. The van der Waals surface area contributed by atoms with Gasteiger partial charge in [-0.05, 0) is 25.8 Å². The van der Waals surface area contributed by atoms with Crippen molar-refractivity contribution in [2.24, 2.45) is 5.41 Å². The van der Waals surface area contributed by atoms with Crippen LogP contribution in [-0.4, -0.2) is 42.7 Å². The molecular formula is C16H25NO3. The van der Waals surface area contributed by atoms with Crippen LogP contribution in [0.4, 0.5) is 0 Å². The van der Waals surface area contributed by atoms with Gasteiger partial charge in [-0.2, -0.15) is 0 Å². The Morgan fingerprint density at radius 2 is 1.90 bits per heavy atom. The second-order valence-electron chi connectivity index (χ2n) is 5.76. The summed E-state index contributed by atoms with van der Waals surface area (Å²) in [6.07, 6.45) is -0.271. The maximum atomic E-state index is 12.0. The molecule has 0 bridgehead atoms. The quantitative estimate of drug-likeness (QED) is 0.777. The van der Waals surface area contributed by atoms with Gasteiger partial charge in [-0.25, -0.2) is 0 Å². The van der Waals surface area contributed by atoms with Crippen molar-refractivity contribution in [1.29, 1.82) is 0 Å². The van der Waals surface area contributed by atoms with Crippen molar-refractivity contribution in [3.8, 4) is 0 Å². The number of amides is 1. The molecule has 0 radical (unpaired) electrons. The molecule has 1 N–H and O–H groups in total. The van der Waals surface area contributed by atoms with Crippen molar-refractivity contribution in [3.63, 3.8) is 0 Å². The first-order valence-electron chi connectivity index (χ1n) is 6.87. The summed E-state index contributed by atoms with van der Waals surface area (Å²) >= 11 is 0. The SMILES string of the molecule is CN(C)C(=O)C(C)(C)[C@@H](O)CCOCc1ccccc1. The van der Waals surface area contributed by atoms with E-state index in [-0.39, 0.29) is 5.91 Å². The normalized spacial score (nSPS) is 13.1. The molecule has 0 saturated heterocycles. The lowest BCUT2D eigenvalue weighted by Gasteiger charge is -2.31. The topological polar surface area (TPSA) is 49.8 Å². The molecule has 0 aliphatic heterocycles. The van der Waals surface area contributed by atoms with E-state index >= 15 is 0 Å². The van der Waals surface area contributed by atoms with E-state index < -0.39 is 11.5 Å². The second-order valence-corrected chi connectivity index (χ2v) is 5.76. The van der Waals surface area contributed by atoms with E-state index in [4.69, 9.17) is 4.74 Å². The largest absolute Gasteiger partial charge is 0.392 e. The zero-order chi connectivity index (χ0) is 15.2. The van der Waals surface area contributed by atoms with Crippen LogP contribution in [0.1, 0.15) is 25.8 Å². The highest BCUT2D eigenvalue weighted by Crippen LogP contribution is 2.25. The number of carbonyl (C=O) groups is 1. The predicted octanol–water partition coefficient (Wildman–Crippen LogP) is 2.07. The van der Waals surface area contributed by atoms with Gasteiger partial charge < -0.3 is 14.7 Å². The fourth-order valence-corrected chi connectivity index (χ4v) is 2.04. The van der Waals surface area contributed by atoms with E-state index in [0.717, 1.165) is 5.56 Å². The van der Waals surface area contributed by atoms with Crippen LogP contribution in [-0.2, 0) is 16.1 Å². The highest BCUT2D eigenvalue weighted by molar-refractivity contribution is 5.82. The zero-order valence-corrected chi connectivity index (χ0v) is 12.8. The average Bonchev–Trinajstić information content (AvgIpc) is 2.43. The molecule has 0 spiro atoms. The lowest BCUT2D eigenvalue weighted by Crippen LogP contribution is -2.44. The Morgan fingerprint density at radius 1 is 1.30 bits per heavy atom. The van der Waals surface area contributed by atoms with Crippen LogP contribution < -0.4 is 0 Å². The molecule has 1 atom stereocenters. The molecule has 0 heterocycles. The number of hydrogen-bond donors (Lipinski definition) is 1. The molecule has 1 aromatic carbocycles. The fraction of sp³-hybridized carbons (Fsp3) is 0.562. The highest BCUT2D eigenvalue weighted by Gasteiger charge is 2.36. The number of hydrogen-bond acceptors (Lipinski definition) is 3. The molecule has 4 nitrogen and oxygen atoms in total. The molecular weight excluding hydrogens is 254 g/mol.